The SMILES string of the molecule is FC(F)(F)c1ccc(-c2nc(-c3ccc(C(F)(F)F)cc3)nc(-c3cc(-c4nc(-c5ccc(C(F)(F)F)cc5)nc(-c5ccc(C(F)(F)F)cc5)n4)cc(-c4nc5ccccc5n4-c4cccnc4)c3)n2)cc1. The summed E-state index contributed by atoms with van der Waals surface area (Å²) >= 11 is 0. The van der Waals surface area contributed by atoms with Crippen molar-refractivity contribution in [1.29, 1.82) is 0 Å². The average Bonchev–Trinajstić information content (AvgIpc) is 3.78. The van der Waals surface area contributed by atoms with Crippen LogP contribution < -0.4 is 0 Å². The lowest BCUT2D eigenvalue weighted by Crippen LogP contribution is -2.06. The van der Waals surface area contributed by atoms with Gasteiger partial charge in [0.15, 0.2) is 34.9 Å². The summed E-state index contributed by atoms with van der Waals surface area (Å²) in [6.45, 7) is 0. The van der Waals surface area contributed by atoms with E-state index >= 15 is 0 Å². The Morgan fingerprint density at radius 3 is 0.973 bits per heavy atom. The molecule has 4 heterocycles. The molecule has 10 rings (SSSR count). The first-order chi connectivity index (χ1) is 34.7. The topological polar surface area (TPSA) is 108 Å². The van der Waals surface area contributed by atoms with E-state index in [2.05, 4.69) is 34.9 Å². The van der Waals surface area contributed by atoms with E-state index in [9.17, 15) is 52.7 Å². The second kappa shape index (κ2) is 18.1. The maximum Gasteiger partial charge on any atom is 0.416 e. The number of fused-ring (bicyclic) bond motifs is 1. The molecular formula is C52H27F12N9. The predicted molar refractivity (Wildman–Crippen MR) is 244 cm³/mol. The molecule has 0 unspecified atom stereocenters. The summed E-state index contributed by atoms with van der Waals surface area (Å²) in [5.74, 6) is -0.763. The molecule has 9 nitrogen and oxygen atoms in total. The van der Waals surface area contributed by atoms with Crippen molar-refractivity contribution in [2.24, 2.45) is 0 Å². The summed E-state index contributed by atoms with van der Waals surface area (Å²) < 4.78 is 166. The Labute approximate surface area is 403 Å². The Bertz CT molecular complexity index is 3320. The van der Waals surface area contributed by atoms with Crippen molar-refractivity contribution in [3.05, 3.63) is 186 Å². The van der Waals surface area contributed by atoms with Gasteiger partial charge >= 0.3 is 24.7 Å². The fourth-order valence-corrected chi connectivity index (χ4v) is 7.74. The summed E-state index contributed by atoms with van der Waals surface area (Å²) in [6.07, 6.45) is -15.7. The highest BCUT2D eigenvalue weighted by molar-refractivity contribution is 5.86. The Kier molecular flexibility index (Phi) is 11.8. The first-order valence-electron chi connectivity index (χ1n) is 21.4. The molecule has 0 N–H and O–H groups in total. The highest BCUT2D eigenvalue weighted by Gasteiger charge is 2.33. The zero-order valence-electron chi connectivity index (χ0n) is 36.6. The molecule has 6 aromatic carbocycles. The molecule has 0 saturated carbocycles. The van der Waals surface area contributed by atoms with Crippen molar-refractivity contribution in [3.8, 4) is 85.4 Å². The lowest BCUT2D eigenvalue weighted by Gasteiger charge is -2.14. The molecule has 0 aliphatic rings. The normalized spacial score (nSPS) is 12.4. The minimum atomic E-state index is -4.70. The van der Waals surface area contributed by atoms with Gasteiger partial charge in [0.2, 0.25) is 0 Å². The molecule has 0 spiro atoms. The van der Waals surface area contributed by atoms with E-state index in [0.29, 0.717) is 22.3 Å². The molecule has 0 atom stereocenters. The van der Waals surface area contributed by atoms with E-state index in [1.165, 1.54) is 6.07 Å². The third-order valence-corrected chi connectivity index (χ3v) is 11.3. The van der Waals surface area contributed by atoms with Crippen LogP contribution in [0.3, 0.4) is 0 Å². The van der Waals surface area contributed by atoms with E-state index < -0.39 is 47.0 Å². The van der Waals surface area contributed by atoms with E-state index in [1.54, 1.807) is 65.5 Å². The number of para-hydroxylation sites is 2. The van der Waals surface area contributed by atoms with Crippen molar-refractivity contribution in [3.63, 3.8) is 0 Å². The van der Waals surface area contributed by atoms with Crippen LogP contribution in [-0.2, 0) is 24.7 Å². The van der Waals surface area contributed by atoms with Crippen LogP contribution in [0, 0.1) is 0 Å². The van der Waals surface area contributed by atoms with Gasteiger partial charge in [0.05, 0.1) is 45.2 Å². The summed E-state index contributed by atoms with van der Waals surface area (Å²) in [5, 5.41) is 0. The Balaban J connectivity index is 1.24. The van der Waals surface area contributed by atoms with Gasteiger partial charge in [-0.05, 0) is 91.0 Å². The molecule has 0 aliphatic carbocycles. The second-order valence-corrected chi connectivity index (χ2v) is 16.2. The molecule has 10 aromatic rings. The van der Waals surface area contributed by atoms with Crippen LogP contribution in [0.15, 0.2) is 164 Å². The van der Waals surface area contributed by atoms with Crippen molar-refractivity contribution in [2.45, 2.75) is 24.7 Å². The molecule has 364 valence electrons. The minimum absolute atomic E-state index is 0.0689. The molecule has 0 aliphatic heterocycles. The number of alkyl halides is 12. The van der Waals surface area contributed by atoms with Crippen molar-refractivity contribution < 1.29 is 52.7 Å². The third kappa shape index (κ3) is 9.93. The molecular weight excluding hydrogens is 979 g/mol. The average molecular weight is 1010 g/mol. The summed E-state index contributed by atoms with van der Waals surface area (Å²) in [6, 6.07) is 30.7. The van der Waals surface area contributed by atoms with Crippen molar-refractivity contribution in [2.75, 3.05) is 0 Å². The standard InChI is InChI=1S/C52H27F12N9/c53-49(54,55)35-15-7-28(8-16-35)42-67-43(29-9-17-36(18-10-29)50(56,57)58)70-46(69-42)32-24-33(26-34(25-32)48-66-40-5-1-2-6-41(40)73(48)39-4-3-23-65-27-39)47-71-44(30-11-19-37(20-12-30)51(59,60)61)68-45(72-47)31-13-21-38(22-14-31)52(62,63)64/h1-27H. The maximum atomic E-state index is 13.7. The number of nitrogens with zero attached hydrogens (tertiary/aromatic N) is 9. The zero-order chi connectivity index (χ0) is 51.5. The summed E-state index contributed by atoms with van der Waals surface area (Å²) in [5.41, 5.74) is -1.36. The van der Waals surface area contributed by atoms with Crippen LogP contribution in [0.5, 0.6) is 0 Å². The van der Waals surface area contributed by atoms with Crippen LogP contribution in [0.25, 0.3) is 96.4 Å². The highest BCUT2D eigenvalue weighted by atomic mass is 19.4. The molecule has 4 aromatic heterocycles. The number of hydrogen-bond acceptors (Lipinski definition) is 8. The van der Waals surface area contributed by atoms with Crippen LogP contribution >= 0.6 is 0 Å². The number of aromatic nitrogens is 9. The summed E-state index contributed by atoms with van der Waals surface area (Å²) in [4.78, 5) is 36.9. The van der Waals surface area contributed by atoms with Crippen LogP contribution in [0.4, 0.5) is 52.7 Å². The number of rotatable bonds is 8. The molecule has 0 saturated heterocycles. The van der Waals surface area contributed by atoms with Crippen LogP contribution in [-0.4, -0.2) is 44.4 Å². The largest absolute Gasteiger partial charge is 0.416 e. The van der Waals surface area contributed by atoms with E-state index in [-0.39, 0.29) is 74.2 Å². The Hall–Kier alpha value is -8.88. The highest BCUT2D eigenvalue weighted by Crippen LogP contribution is 2.39. The number of pyridine rings is 1. The van der Waals surface area contributed by atoms with Gasteiger partial charge in [-0.3, -0.25) is 9.55 Å². The van der Waals surface area contributed by atoms with Gasteiger partial charge in [-0.2, -0.15) is 52.7 Å². The smallest absolute Gasteiger partial charge is 0.291 e. The fraction of sp³-hybridized carbons (Fsp3) is 0.0769. The van der Waals surface area contributed by atoms with Gasteiger partial charge in [0, 0.05) is 45.1 Å². The molecule has 0 radical (unpaired) electrons. The first kappa shape index (κ1) is 47.8. The van der Waals surface area contributed by atoms with E-state index in [1.807, 2.05) is 0 Å². The van der Waals surface area contributed by atoms with Gasteiger partial charge in [-0.15, -0.1) is 0 Å². The maximum absolute atomic E-state index is 13.7. The van der Waals surface area contributed by atoms with Crippen molar-refractivity contribution >= 4 is 11.0 Å². The van der Waals surface area contributed by atoms with Gasteiger partial charge in [0.1, 0.15) is 5.82 Å². The molecule has 0 amide bonds. The molecule has 0 fully saturated rings. The quantitative estimate of drug-likeness (QED) is 0.139. The number of hydrogen-bond donors (Lipinski definition) is 0. The van der Waals surface area contributed by atoms with Crippen molar-refractivity contribution in [1.82, 2.24) is 44.4 Å². The molecule has 0 bridgehead atoms. The minimum Gasteiger partial charge on any atom is -0.291 e. The monoisotopic (exact) mass is 1010 g/mol. The molecule has 73 heavy (non-hydrogen) atoms. The number of benzene rings is 6. The Morgan fingerprint density at radius 2 is 0.644 bits per heavy atom. The third-order valence-electron chi connectivity index (χ3n) is 11.3. The summed E-state index contributed by atoms with van der Waals surface area (Å²) in [7, 11) is 0. The molecule has 21 heteroatoms. The predicted octanol–water partition coefficient (Wildman–Crippen LogP) is 14.5. The fourth-order valence-electron chi connectivity index (χ4n) is 7.74. The van der Waals surface area contributed by atoms with Gasteiger partial charge in [-0.1, -0.05) is 60.7 Å². The van der Waals surface area contributed by atoms with E-state index in [0.717, 1.165) is 97.1 Å². The lowest BCUT2D eigenvalue weighted by molar-refractivity contribution is -0.138. The second-order valence-electron chi connectivity index (χ2n) is 16.2. The van der Waals surface area contributed by atoms with Gasteiger partial charge in [0.25, 0.3) is 0 Å². The van der Waals surface area contributed by atoms with Gasteiger partial charge in [-0.25, -0.2) is 34.9 Å². The lowest BCUT2D eigenvalue weighted by atomic mass is 10.0. The Morgan fingerprint density at radius 1 is 0.315 bits per heavy atom. The van der Waals surface area contributed by atoms with Crippen LogP contribution in [0.1, 0.15) is 22.3 Å². The number of halogens is 12. The first-order valence-corrected chi connectivity index (χ1v) is 21.4. The zero-order valence-corrected chi connectivity index (χ0v) is 36.6. The van der Waals surface area contributed by atoms with E-state index in [4.69, 9.17) is 4.98 Å². The van der Waals surface area contributed by atoms with Gasteiger partial charge < -0.3 is 0 Å². The number of imidazole rings is 1. The van der Waals surface area contributed by atoms with Crippen LogP contribution in [0.2, 0.25) is 0 Å².